The molecule has 0 bridgehead atoms. The van der Waals surface area contributed by atoms with Crippen LogP contribution < -0.4 is 19.7 Å². The number of aromatic nitrogens is 4. The number of anilines is 1. The second-order valence-electron chi connectivity index (χ2n) is 8.86. The Labute approximate surface area is 207 Å². The van der Waals surface area contributed by atoms with Crippen molar-refractivity contribution < 1.29 is 23.5 Å². The maximum absolute atomic E-state index is 13.4. The van der Waals surface area contributed by atoms with Crippen LogP contribution in [0.15, 0.2) is 42.5 Å². The molecule has 1 fully saturated rings. The second-order valence-corrected chi connectivity index (χ2v) is 8.86. The van der Waals surface area contributed by atoms with E-state index in [2.05, 4.69) is 20.7 Å². The van der Waals surface area contributed by atoms with Gasteiger partial charge in [0.15, 0.2) is 11.5 Å². The largest absolute Gasteiger partial charge is 0.486 e. The maximum atomic E-state index is 13.4. The first-order chi connectivity index (χ1) is 17.5. The minimum atomic E-state index is -0.395. The van der Waals surface area contributed by atoms with E-state index in [9.17, 15) is 14.0 Å². The van der Waals surface area contributed by atoms with Crippen LogP contribution in [0.2, 0.25) is 0 Å². The highest BCUT2D eigenvalue weighted by Gasteiger charge is 2.25. The van der Waals surface area contributed by atoms with Gasteiger partial charge in [-0.25, -0.2) is 4.39 Å². The molecule has 1 aliphatic carbocycles. The van der Waals surface area contributed by atoms with Gasteiger partial charge in [0.25, 0.3) is 5.91 Å². The van der Waals surface area contributed by atoms with Crippen LogP contribution in [0.1, 0.15) is 32.1 Å². The number of hydrogen-bond donors (Lipinski definition) is 1. The van der Waals surface area contributed by atoms with Crippen LogP contribution >= 0.6 is 0 Å². The number of nitrogens with zero attached hydrogens (tertiary/aromatic N) is 5. The number of rotatable bonds is 7. The van der Waals surface area contributed by atoms with Crippen LogP contribution in [0.3, 0.4) is 0 Å². The fourth-order valence-electron chi connectivity index (χ4n) is 4.42. The van der Waals surface area contributed by atoms with Gasteiger partial charge in [-0.15, -0.1) is 10.2 Å². The zero-order valence-corrected chi connectivity index (χ0v) is 19.7. The Balaban J connectivity index is 1.34. The molecule has 1 N–H and O–H groups in total. The first-order valence-corrected chi connectivity index (χ1v) is 12.1. The van der Waals surface area contributed by atoms with Crippen molar-refractivity contribution in [1.29, 1.82) is 0 Å². The van der Waals surface area contributed by atoms with Gasteiger partial charge in [-0.2, -0.15) is 4.80 Å². The van der Waals surface area contributed by atoms with Crippen molar-refractivity contribution >= 4 is 17.5 Å². The Morgan fingerprint density at radius 1 is 1.03 bits per heavy atom. The minimum absolute atomic E-state index is 0.124. The topological polar surface area (TPSA) is 111 Å². The van der Waals surface area contributed by atoms with Crippen molar-refractivity contribution in [2.24, 2.45) is 0 Å². The number of benzene rings is 2. The van der Waals surface area contributed by atoms with Gasteiger partial charge in [-0.3, -0.25) is 9.59 Å². The van der Waals surface area contributed by atoms with Gasteiger partial charge in [0.1, 0.15) is 32.1 Å². The second kappa shape index (κ2) is 10.7. The maximum Gasteiger partial charge on any atom is 0.251 e. The average molecular weight is 495 g/mol. The molecule has 0 radical (unpaired) electrons. The van der Waals surface area contributed by atoms with Crippen LogP contribution in [-0.2, 0) is 16.1 Å². The lowest BCUT2D eigenvalue weighted by atomic mass is 9.95. The first-order valence-electron chi connectivity index (χ1n) is 12.1. The lowest BCUT2D eigenvalue weighted by Crippen LogP contribution is -2.46. The fourth-order valence-corrected chi connectivity index (χ4v) is 4.42. The van der Waals surface area contributed by atoms with Crippen LogP contribution in [0.25, 0.3) is 11.4 Å². The molecule has 11 heteroatoms. The normalized spacial score (nSPS) is 15.4. The van der Waals surface area contributed by atoms with Crippen molar-refractivity contribution in [1.82, 2.24) is 25.5 Å². The molecular weight excluding hydrogens is 467 g/mol. The molecule has 0 atom stereocenters. The highest BCUT2D eigenvalue weighted by Crippen LogP contribution is 2.34. The standard InChI is InChI=1S/C25H27FN6O4/c26-18-8-6-17(7-9-18)25-28-30-32(29-25)16-24(34)31(15-23(33)27-19-4-2-1-3-5-19)20-10-11-21-22(14-20)36-13-12-35-21/h6-11,14,19H,1-5,12-13,15-16H2,(H,27,33). The lowest BCUT2D eigenvalue weighted by molar-refractivity contribution is -0.124. The Morgan fingerprint density at radius 3 is 2.56 bits per heavy atom. The van der Waals surface area contributed by atoms with Crippen LogP contribution in [0.4, 0.5) is 10.1 Å². The molecule has 0 saturated heterocycles. The van der Waals surface area contributed by atoms with Gasteiger partial charge in [-0.05, 0) is 54.5 Å². The van der Waals surface area contributed by atoms with E-state index in [1.165, 1.54) is 35.6 Å². The molecule has 0 unspecified atom stereocenters. The zero-order chi connectivity index (χ0) is 24.9. The third kappa shape index (κ3) is 5.61. The molecule has 2 aromatic carbocycles. The monoisotopic (exact) mass is 494 g/mol. The van der Waals surface area contributed by atoms with Crippen molar-refractivity contribution in [2.75, 3.05) is 24.7 Å². The molecule has 1 aromatic heterocycles. The number of amides is 2. The summed E-state index contributed by atoms with van der Waals surface area (Å²) in [6, 6.07) is 10.9. The van der Waals surface area contributed by atoms with Gasteiger partial charge < -0.3 is 19.7 Å². The molecule has 1 aliphatic heterocycles. The summed E-state index contributed by atoms with van der Waals surface area (Å²) in [5.74, 6) is 0.372. The molecule has 36 heavy (non-hydrogen) atoms. The van der Waals surface area contributed by atoms with Crippen LogP contribution in [0, 0.1) is 5.82 Å². The molecule has 2 aliphatic rings. The van der Waals surface area contributed by atoms with Gasteiger partial charge in [0, 0.05) is 23.4 Å². The van der Waals surface area contributed by atoms with Gasteiger partial charge in [0.05, 0.1) is 0 Å². The summed E-state index contributed by atoms with van der Waals surface area (Å²) in [6.07, 6.45) is 5.24. The van der Waals surface area contributed by atoms with E-state index in [0.717, 1.165) is 30.5 Å². The van der Waals surface area contributed by atoms with Crippen molar-refractivity contribution in [3.8, 4) is 22.9 Å². The van der Waals surface area contributed by atoms with E-state index in [4.69, 9.17) is 9.47 Å². The Kier molecular flexibility index (Phi) is 7.06. The van der Waals surface area contributed by atoms with Gasteiger partial charge in [-0.1, -0.05) is 19.3 Å². The molecule has 5 rings (SSSR count). The van der Waals surface area contributed by atoms with E-state index in [1.54, 1.807) is 18.2 Å². The smallest absolute Gasteiger partial charge is 0.251 e. The molecule has 1 saturated carbocycles. The molecule has 188 valence electrons. The van der Waals surface area contributed by atoms with E-state index in [0.29, 0.717) is 36.0 Å². The SMILES string of the molecule is O=C(CN(C(=O)Cn1nnc(-c2ccc(F)cc2)n1)c1ccc2c(c1)OCCO2)NC1CCCCC1. The van der Waals surface area contributed by atoms with Crippen molar-refractivity contribution in [3.05, 3.63) is 48.3 Å². The summed E-state index contributed by atoms with van der Waals surface area (Å²) in [7, 11) is 0. The molecule has 10 nitrogen and oxygen atoms in total. The summed E-state index contributed by atoms with van der Waals surface area (Å²) in [6.45, 7) is 0.461. The van der Waals surface area contributed by atoms with E-state index >= 15 is 0 Å². The van der Waals surface area contributed by atoms with Crippen LogP contribution in [0.5, 0.6) is 11.5 Å². The number of halogens is 1. The number of hydrogen-bond acceptors (Lipinski definition) is 7. The Hall–Kier alpha value is -4.02. The predicted octanol–water partition coefficient (Wildman–Crippen LogP) is 2.73. The first kappa shape index (κ1) is 23.7. The highest BCUT2D eigenvalue weighted by molar-refractivity contribution is 5.98. The average Bonchev–Trinajstić information content (AvgIpc) is 3.36. The summed E-state index contributed by atoms with van der Waals surface area (Å²) in [5, 5.41) is 15.2. The van der Waals surface area contributed by atoms with Crippen molar-refractivity contribution in [2.45, 2.75) is 44.7 Å². The highest BCUT2D eigenvalue weighted by atomic mass is 19.1. The van der Waals surface area contributed by atoms with E-state index in [-0.39, 0.29) is 36.7 Å². The van der Waals surface area contributed by atoms with E-state index < -0.39 is 5.91 Å². The lowest BCUT2D eigenvalue weighted by Gasteiger charge is -2.27. The molecular formula is C25H27FN6O4. The molecule has 2 amide bonds. The quantitative estimate of drug-likeness (QED) is 0.538. The number of tetrazole rings is 1. The molecule has 2 heterocycles. The third-order valence-corrected chi connectivity index (χ3v) is 6.24. The van der Waals surface area contributed by atoms with Crippen LogP contribution in [-0.4, -0.2) is 57.8 Å². The predicted molar refractivity (Wildman–Crippen MR) is 128 cm³/mol. The summed E-state index contributed by atoms with van der Waals surface area (Å²) in [4.78, 5) is 28.9. The third-order valence-electron chi connectivity index (χ3n) is 6.24. The van der Waals surface area contributed by atoms with Gasteiger partial charge >= 0.3 is 0 Å². The molecule has 3 aromatic rings. The number of nitrogens with one attached hydrogen (secondary N) is 1. The Bertz CT molecular complexity index is 1230. The van der Waals surface area contributed by atoms with Gasteiger partial charge in [0.2, 0.25) is 11.7 Å². The number of fused-ring (bicyclic) bond motifs is 1. The van der Waals surface area contributed by atoms with Crippen molar-refractivity contribution in [3.63, 3.8) is 0 Å². The van der Waals surface area contributed by atoms with E-state index in [1.807, 2.05) is 0 Å². The Morgan fingerprint density at radius 2 is 1.78 bits per heavy atom. The summed E-state index contributed by atoms with van der Waals surface area (Å²) in [5.41, 5.74) is 1.08. The summed E-state index contributed by atoms with van der Waals surface area (Å²) >= 11 is 0. The zero-order valence-electron chi connectivity index (χ0n) is 19.7. The fraction of sp³-hybridized carbons (Fsp3) is 0.400. The number of carbonyl (C=O) groups is 2. The minimum Gasteiger partial charge on any atom is -0.486 e. The molecule has 0 spiro atoms. The number of ether oxygens (including phenoxy) is 2. The number of carbonyl (C=O) groups excluding carboxylic acids is 2. The summed E-state index contributed by atoms with van der Waals surface area (Å²) < 4.78 is 24.5.